The van der Waals surface area contributed by atoms with E-state index in [-0.39, 0.29) is 28.5 Å². The number of ether oxygens (including phenoxy) is 1. The molecule has 1 aliphatic heterocycles. The molecule has 3 N–H and O–H groups in total. The van der Waals surface area contributed by atoms with Crippen molar-refractivity contribution in [1.29, 1.82) is 0 Å². The smallest absolute Gasteiger partial charge is 0.254 e. The molecule has 2 aromatic carbocycles. The number of fused-ring (bicyclic) bond motifs is 1. The summed E-state index contributed by atoms with van der Waals surface area (Å²) in [5.41, 5.74) is 0.585. The summed E-state index contributed by atoms with van der Waals surface area (Å²) in [6.45, 7) is 1.14. The number of likely N-dealkylation sites (tertiary alicyclic amines) is 1. The Hall–Kier alpha value is -2.95. The Morgan fingerprint density at radius 1 is 1.15 bits per heavy atom. The fourth-order valence-electron chi connectivity index (χ4n) is 4.11. The fraction of sp³-hybridized carbons (Fsp3) is 0.304. The van der Waals surface area contributed by atoms with Crippen molar-refractivity contribution >= 4 is 43.9 Å². The van der Waals surface area contributed by atoms with E-state index >= 15 is 0 Å². The van der Waals surface area contributed by atoms with Crippen molar-refractivity contribution in [3.05, 3.63) is 59.0 Å². The Balaban J connectivity index is 1.44. The molecule has 1 fully saturated rings. The second kappa shape index (κ2) is 9.50. The number of nitrogens with two attached hydrogens (primary N) is 1. The van der Waals surface area contributed by atoms with Crippen molar-refractivity contribution in [2.45, 2.75) is 23.6 Å². The lowest BCUT2D eigenvalue weighted by Gasteiger charge is -2.32. The summed E-state index contributed by atoms with van der Waals surface area (Å²) in [6, 6.07) is 14.2. The van der Waals surface area contributed by atoms with Crippen LogP contribution in [0.3, 0.4) is 0 Å². The second-order valence-corrected chi connectivity index (χ2v) is 10.9. The van der Waals surface area contributed by atoms with Gasteiger partial charge >= 0.3 is 0 Å². The van der Waals surface area contributed by atoms with Crippen LogP contribution in [0.25, 0.3) is 10.8 Å². The Kier molecular flexibility index (Phi) is 6.68. The molecule has 4 rings (SSSR count). The first-order valence-electron chi connectivity index (χ1n) is 10.5. The highest BCUT2D eigenvalue weighted by atomic mass is 32.2. The van der Waals surface area contributed by atoms with E-state index in [0.29, 0.717) is 35.7 Å². The summed E-state index contributed by atoms with van der Waals surface area (Å²) in [4.78, 5) is 28.5. The average Bonchev–Trinajstić information content (AvgIpc) is 3.31. The molecule has 33 heavy (non-hydrogen) atoms. The molecule has 2 heterocycles. The van der Waals surface area contributed by atoms with Gasteiger partial charge in [0.25, 0.3) is 5.91 Å². The number of hydrogen-bond donors (Lipinski definition) is 2. The summed E-state index contributed by atoms with van der Waals surface area (Å²) in [6.07, 6.45) is 1.42. The number of thiophene rings is 1. The minimum absolute atomic E-state index is 0.0629. The minimum atomic E-state index is -3.75. The molecule has 8 nitrogen and oxygen atoms in total. The Labute approximate surface area is 196 Å². The van der Waals surface area contributed by atoms with Crippen LogP contribution >= 0.6 is 11.3 Å². The van der Waals surface area contributed by atoms with Crippen molar-refractivity contribution in [1.82, 2.24) is 10.2 Å². The molecule has 3 aromatic rings. The normalized spacial score (nSPS) is 16.5. The number of amides is 2. The van der Waals surface area contributed by atoms with Gasteiger partial charge in [0.2, 0.25) is 15.9 Å². The summed E-state index contributed by atoms with van der Waals surface area (Å²) in [7, 11) is -2.15. The lowest BCUT2D eigenvalue weighted by molar-refractivity contribution is -0.126. The molecule has 0 saturated carbocycles. The van der Waals surface area contributed by atoms with E-state index in [9.17, 15) is 18.0 Å². The van der Waals surface area contributed by atoms with Gasteiger partial charge in [-0.2, -0.15) is 0 Å². The van der Waals surface area contributed by atoms with Crippen molar-refractivity contribution in [2.75, 3.05) is 20.2 Å². The minimum Gasteiger partial charge on any atom is -0.496 e. The number of primary sulfonamides is 1. The predicted octanol–water partition coefficient (Wildman–Crippen LogP) is 2.73. The van der Waals surface area contributed by atoms with Crippen LogP contribution in [0.15, 0.2) is 52.7 Å². The molecule has 174 valence electrons. The van der Waals surface area contributed by atoms with Crippen LogP contribution in [0.4, 0.5) is 0 Å². The Morgan fingerprint density at radius 3 is 2.61 bits per heavy atom. The monoisotopic (exact) mass is 487 g/mol. The highest BCUT2D eigenvalue weighted by Crippen LogP contribution is 2.30. The zero-order chi connectivity index (χ0) is 23.6. The third-order valence-corrected chi connectivity index (χ3v) is 8.29. The maximum Gasteiger partial charge on any atom is 0.254 e. The summed E-state index contributed by atoms with van der Waals surface area (Å²) in [5.74, 6) is 0.113. The van der Waals surface area contributed by atoms with Gasteiger partial charge in [-0.15, -0.1) is 11.3 Å². The SMILES string of the molecule is COc1ccc(C(=O)N2CCC[C@H](C(=O)NCc3ccc(S(N)(=O)=O)s3)C2)c2ccccc12. The standard InChI is InChI=1S/C23H25N3O5S2/c1-31-20-10-9-19(17-6-2-3-7-18(17)20)23(28)26-12-4-5-15(14-26)22(27)25-13-16-8-11-21(32-16)33(24,29)30/h2-3,6-11,15H,4-5,12-14H2,1H3,(H,25,27)(H2,24,29,30)/t15-/m0/s1. The van der Waals surface area contributed by atoms with Gasteiger partial charge in [0.15, 0.2) is 0 Å². The number of nitrogens with zero attached hydrogens (tertiary/aromatic N) is 1. The molecule has 0 radical (unpaired) electrons. The molecular weight excluding hydrogens is 462 g/mol. The van der Waals surface area contributed by atoms with Crippen molar-refractivity contribution in [3.63, 3.8) is 0 Å². The first-order valence-corrected chi connectivity index (χ1v) is 12.9. The highest BCUT2D eigenvalue weighted by molar-refractivity contribution is 7.91. The molecule has 1 saturated heterocycles. The number of rotatable bonds is 6. The first kappa shape index (κ1) is 23.2. The summed E-state index contributed by atoms with van der Waals surface area (Å²) < 4.78 is 28.3. The van der Waals surface area contributed by atoms with Crippen LogP contribution in [0.2, 0.25) is 0 Å². The van der Waals surface area contributed by atoms with E-state index in [4.69, 9.17) is 9.88 Å². The molecule has 2 amide bonds. The number of sulfonamides is 1. The number of carbonyl (C=O) groups is 2. The van der Waals surface area contributed by atoms with Crippen LogP contribution < -0.4 is 15.2 Å². The van der Waals surface area contributed by atoms with E-state index in [2.05, 4.69) is 5.32 Å². The summed E-state index contributed by atoms with van der Waals surface area (Å²) >= 11 is 1.03. The van der Waals surface area contributed by atoms with Gasteiger partial charge < -0.3 is 15.0 Å². The van der Waals surface area contributed by atoms with Gasteiger partial charge in [0.05, 0.1) is 19.6 Å². The van der Waals surface area contributed by atoms with Gasteiger partial charge in [-0.05, 0) is 42.5 Å². The van der Waals surface area contributed by atoms with Gasteiger partial charge in [-0.3, -0.25) is 9.59 Å². The number of hydrogen-bond acceptors (Lipinski definition) is 6. The lowest BCUT2D eigenvalue weighted by atomic mass is 9.95. The second-order valence-electron chi connectivity index (χ2n) is 7.93. The van der Waals surface area contributed by atoms with E-state index in [0.717, 1.165) is 28.5 Å². The maximum atomic E-state index is 13.3. The molecule has 0 bridgehead atoms. The molecule has 1 atom stereocenters. The summed E-state index contributed by atoms with van der Waals surface area (Å²) in [5, 5.41) is 9.68. The number of piperidine rings is 1. The third kappa shape index (κ3) is 5.02. The molecule has 1 aliphatic rings. The van der Waals surface area contributed by atoms with E-state index < -0.39 is 10.0 Å². The van der Waals surface area contributed by atoms with Crippen LogP contribution in [-0.4, -0.2) is 45.3 Å². The van der Waals surface area contributed by atoms with Crippen molar-refractivity contribution in [2.24, 2.45) is 11.1 Å². The van der Waals surface area contributed by atoms with Crippen LogP contribution in [0.5, 0.6) is 5.75 Å². The molecule has 10 heteroatoms. The molecule has 1 aromatic heterocycles. The quantitative estimate of drug-likeness (QED) is 0.554. The third-order valence-electron chi connectivity index (χ3n) is 5.77. The lowest BCUT2D eigenvalue weighted by Crippen LogP contribution is -2.45. The Bertz CT molecular complexity index is 1300. The Morgan fingerprint density at radius 2 is 1.91 bits per heavy atom. The van der Waals surface area contributed by atoms with Crippen molar-refractivity contribution < 1.29 is 22.7 Å². The van der Waals surface area contributed by atoms with Gasteiger partial charge in [-0.1, -0.05) is 24.3 Å². The molecule has 0 aliphatic carbocycles. The zero-order valence-corrected chi connectivity index (χ0v) is 19.7. The van der Waals surface area contributed by atoms with E-state index in [1.807, 2.05) is 24.3 Å². The fourth-order valence-corrected chi connectivity index (χ4v) is 5.82. The van der Waals surface area contributed by atoms with Crippen LogP contribution in [0, 0.1) is 5.92 Å². The molecule has 0 spiro atoms. The highest BCUT2D eigenvalue weighted by Gasteiger charge is 2.29. The number of methoxy groups -OCH3 is 1. The first-order chi connectivity index (χ1) is 15.8. The topological polar surface area (TPSA) is 119 Å². The van der Waals surface area contributed by atoms with Crippen LogP contribution in [-0.2, 0) is 21.4 Å². The number of carbonyl (C=O) groups excluding carboxylic acids is 2. The van der Waals surface area contributed by atoms with Gasteiger partial charge in [0, 0.05) is 28.9 Å². The maximum absolute atomic E-state index is 13.3. The largest absolute Gasteiger partial charge is 0.496 e. The van der Waals surface area contributed by atoms with Crippen LogP contribution in [0.1, 0.15) is 28.1 Å². The predicted molar refractivity (Wildman–Crippen MR) is 127 cm³/mol. The van der Waals surface area contributed by atoms with E-state index in [1.54, 1.807) is 30.2 Å². The average molecular weight is 488 g/mol. The van der Waals surface area contributed by atoms with Gasteiger partial charge in [0.1, 0.15) is 9.96 Å². The molecule has 0 unspecified atom stereocenters. The van der Waals surface area contributed by atoms with Gasteiger partial charge in [-0.25, -0.2) is 13.6 Å². The zero-order valence-electron chi connectivity index (χ0n) is 18.1. The number of benzene rings is 2. The number of nitrogens with one attached hydrogen (secondary N) is 1. The van der Waals surface area contributed by atoms with Crippen molar-refractivity contribution in [3.8, 4) is 5.75 Å². The van der Waals surface area contributed by atoms with E-state index in [1.165, 1.54) is 6.07 Å². The molecular formula is C23H25N3O5S2.